The Morgan fingerprint density at radius 3 is 2.52 bits per heavy atom. The molecule has 0 aliphatic carbocycles. The zero-order chi connectivity index (χ0) is 20.4. The van der Waals surface area contributed by atoms with Gasteiger partial charge in [-0.3, -0.25) is 0 Å². The molecule has 1 N–H and O–H groups in total. The maximum atomic E-state index is 6.41. The fourth-order valence-electron chi connectivity index (χ4n) is 5.03. The van der Waals surface area contributed by atoms with E-state index in [2.05, 4.69) is 43.4 Å². The number of hydrogen-bond donors (Lipinski definition) is 1. The summed E-state index contributed by atoms with van der Waals surface area (Å²) in [5.41, 5.74) is 1.25. The number of nitrogens with one attached hydrogen (secondary N) is 1. The van der Waals surface area contributed by atoms with Crippen LogP contribution in [0.5, 0.6) is 0 Å². The summed E-state index contributed by atoms with van der Waals surface area (Å²) >= 11 is 0. The lowest BCUT2D eigenvalue weighted by Gasteiger charge is -2.52. The zero-order valence-electron chi connectivity index (χ0n) is 18.5. The summed E-state index contributed by atoms with van der Waals surface area (Å²) in [5, 5.41) is 3.98. The molecule has 0 bridgehead atoms. The van der Waals surface area contributed by atoms with E-state index in [0.29, 0.717) is 24.6 Å². The summed E-state index contributed by atoms with van der Waals surface area (Å²) in [7, 11) is 0. The van der Waals surface area contributed by atoms with Crippen LogP contribution < -0.4 is 5.32 Å². The average Bonchev–Trinajstić information content (AvgIpc) is 2.74. The molecule has 0 saturated carbocycles. The SMILES string of the molecule is CCCCC1[C@@H](CCCOCc2ccccc2)N[C@@H](CCC)CC12OCCCO2. The van der Waals surface area contributed by atoms with Crippen molar-refractivity contribution >= 4 is 0 Å². The van der Waals surface area contributed by atoms with Gasteiger partial charge in [-0.1, -0.05) is 63.4 Å². The van der Waals surface area contributed by atoms with Gasteiger partial charge in [0.2, 0.25) is 0 Å². The molecular formula is C25H41NO3. The van der Waals surface area contributed by atoms with Crippen LogP contribution in [-0.4, -0.2) is 37.7 Å². The number of ether oxygens (including phenoxy) is 3. The molecule has 1 aromatic carbocycles. The van der Waals surface area contributed by atoms with Crippen molar-refractivity contribution in [3.63, 3.8) is 0 Å². The Morgan fingerprint density at radius 1 is 1.00 bits per heavy atom. The van der Waals surface area contributed by atoms with E-state index in [0.717, 1.165) is 45.5 Å². The van der Waals surface area contributed by atoms with Gasteiger partial charge in [0.1, 0.15) is 0 Å². The van der Waals surface area contributed by atoms with Gasteiger partial charge in [0.25, 0.3) is 0 Å². The fraction of sp³-hybridized carbons (Fsp3) is 0.760. The van der Waals surface area contributed by atoms with Crippen molar-refractivity contribution in [1.29, 1.82) is 0 Å². The van der Waals surface area contributed by atoms with Crippen LogP contribution in [0.1, 0.15) is 77.2 Å². The van der Waals surface area contributed by atoms with Crippen LogP contribution in [0.2, 0.25) is 0 Å². The van der Waals surface area contributed by atoms with Crippen LogP contribution in [0.3, 0.4) is 0 Å². The first-order valence-electron chi connectivity index (χ1n) is 11.9. The minimum atomic E-state index is -0.367. The monoisotopic (exact) mass is 403 g/mol. The van der Waals surface area contributed by atoms with Crippen molar-refractivity contribution < 1.29 is 14.2 Å². The Balaban J connectivity index is 1.57. The molecule has 2 heterocycles. The molecule has 2 aliphatic rings. The predicted molar refractivity (Wildman–Crippen MR) is 118 cm³/mol. The number of piperidine rings is 1. The average molecular weight is 404 g/mol. The smallest absolute Gasteiger partial charge is 0.174 e. The molecular weight excluding hydrogens is 362 g/mol. The first-order chi connectivity index (χ1) is 14.3. The second kappa shape index (κ2) is 12.0. The quantitative estimate of drug-likeness (QED) is 0.499. The minimum Gasteiger partial charge on any atom is -0.377 e. The Hall–Kier alpha value is -0.940. The third-order valence-corrected chi connectivity index (χ3v) is 6.43. The van der Waals surface area contributed by atoms with Crippen LogP contribution in [0, 0.1) is 5.92 Å². The highest BCUT2D eigenvalue weighted by Gasteiger charge is 2.50. The van der Waals surface area contributed by atoms with E-state index in [1.165, 1.54) is 37.7 Å². The van der Waals surface area contributed by atoms with Gasteiger partial charge in [-0.2, -0.15) is 0 Å². The highest BCUT2D eigenvalue weighted by molar-refractivity contribution is 5.13. The minimum absolute atomic E-state index is 0.367. The van der Waals surface area contributed by atoms with Crippen LogP contribution in [0.4, 0.5) is 0 Å². The molecule has 3 atom stereocenters. The molecule has 1 aromatic rings. The van der Waals surface area contributed by atoms with Crippen molar-refractivity contribution in [3.05, 3.63) is 35.9 Å². The number of hydrogen-bond acceptors (Lipinski definition) is 4. The maximum Gasteiger partial charge on any atom is 0.174 e. The van der Waals surface area contributed by atoms with Crippen LogP contribution >= 0.6 is 0 Å². The van der Waals surface area contributed by atoms with Crippen molar-refractivity contribution in [2.45, 2.75) is 96.1 Å². The highest BCUT2D eigenvalue weighted by atomic mass is 16.7. The van der Waals surface area contributed by atoms with Gasteiger partial charge in [0.15, 0.2) is 5.79 Å². The van der Waals surface area contributed by atoms with E-state index < -0.39 is 0 Å². The predicted octanol–water partition coefficient (Wildman–Crippen LogP) is 5.45. The Labute approximate surface area is 177 Å². The Bertz CT molecular complexity index is 558. The molecule has 3 rings (SSSR count). The van der Waals surface area contributed by atoms with E-state index in [1.54, 1.807) is 0 Å². The van der Waals surface area contributed by atoms with E-state index in [4.69, 9.17) is 14.2 Å². The van der Waals surface area contributed by atoms with Crippen molar-refractivity contribution in [1.82, 2.24) is 5.32 Å². The summed E-state index contributed by atoms with van der Waals surface area (Å²) in [6.07, 6.45) is 10.2. The largest absolute Gasteiger partial charge is 0.377 e. The normalized spacial score (nSPS) is 26.6. The van der Waals surface area contributed by atoms with Gasteiger partial charge in [0.05, 0.1) is 19.8 Å². The molecule has 1 unspecified atom stereocenters. The maximum absolute atomic E-state index is 6.41. The standard InChI is InChI=1S/C25H41NO3/c1-3-5-14-23-24(15-9-16-27-20-21-12-7-6-8-13-21)26-22(11-4-2)19-25(23)28-17-10-18-29-25/h6-8,12-13,22-24,26H,3-5,9-11,14-20H2,1-2H3/t22-,23?,24+/m0/s1. The van der Waals surface area contributed by atoms with E-state index in [-0.39, 0.29) is 5.79 Å². The third kappa shape index (κ3) is 6.52. The molecule has 0 radical (unpaired) electrons. The van der Waals surface area contributed by atoms with Gasteiger partial charge < -0.3 is 19.5 Å². The van der Waals surface area contributed by atoms with E-state index >= 15 is 0 Å². The van der Waals surface area contributed by atoms with Crippen LogP contribution in [0.15, 0.2) is 30.3 Å². The van der Waals surface area contributed by atoms with Crippen LogP contribution in [-0.2, 0) is 20.8 Å². The molecule has 1 spiro atoms. The number of benzene rings is 1. The molecule has 0 amide bonds. The van der Waals surface area contributed by atoms with E-state index in [9.17, 15) is 0 Å². The lowest BCUT2D eigenvalue weighted by atomic mass is 9.76. The van der Waals surface area contributed by atoms with Gasteiger partial charge in [-0.05, 0) is 37.7 Å². The van der Waals surface area contributed by atoms with Gasteiger partial charge >= 0.3 is 0 Å². The Morgan fingerprint density at radius 2 is 1.79 bits per heavy atom. The molecule has 4 nitrogen and oxygen atoms in total. The number of rotatable bonds is 11. The molecule has 2 fully saturated rings. The molecule has 29 heavy (non-hydrogen) atoms. The van der Waals surface area contributed by atoms with Crippen molar-refractivity contribution in [3.8, 4) is 0 Å². The van der Waals surface area contributed by atoms with Crippen molar-refractivity contribution in [2.75, 3.05) is 19.8 Å². The molecule has 164 valence electrons. The lowest BCUT2D eigenvalue weighted by molar-refractivity contribution is -0.314. The summed E-state index contributed by atoms with van der Waals surface area (Å²) in [5.74, 6) is 0.0682. The van der Waals surface area contributed by atoms with Gasteiger partial charge in [-0.25, -0.2) is 0 Å². The molecule has 2 aliphatic heterocycles. The fourth-order valence-corrected chi connectivity index (χ4v) is 5.03. The van der Waals surface area contributed by atoms with Gasteiger partial charge in [-0.15, -0.1) is 0 Å². The molecule has 2 saturated heterocycles. The zero-order valence-corrected chi connectivity index (χ0v) is 18.5. The number of unbranched alkanes of at least 4 members (excludes halogenated alkanes) is 1. The van der Waals surface area contributed by atoms with Crippen molar-refractivity contribution in [2.24, 2.45) is 5.92 Å². The van der Waals surface area contributed by atoms with Crippen LogP contribution in [0.25, 0.3) is 0 Å². The summed E-state index contributed by atoms with van der Waals surface area (Å²) in [4.78, 5) is 0. The summed E-state index contributed by atoms with van der Waals surface area (Å²) in [6.45, 7) is 7.74. The lowest BCUT2D eigenvalue weighted by Crippen LogP contribution is -2.63. The molecule has 0 aromatic heterocycles. The van der Waals surface area contributed by atoms with Gasteiger partial charge in [0, 0.05) is 31.0 Å². The summed E-state index contributed by atoms with van der Waals surface area (Å²) in [6, 6.07) is 11.4. The second-order valence-corrected chi connectivity index (χ2v) is 8.75. The molecule has 4 heteroatoms. The second-order valence-electron chi connectivity index (χ2n) is 8.75. The Kier molecular flexibility index (Phi) is 9.44. The first kappa shape index (κ1) is 22.7. The first-order valence-corrected chi connectivity index (χ1v) is 11.9. The third-order valence-electron chi connectivity index (χ3n) is 6.43. The van der Waals surface area contributed by atoms with E-state index in [1.807, 2.05) is 6.07 Å². The topological polar surface area (TPSA) is 39.7 Å². The summed E-state index contributed by atoms with van der Waals surface area (Å²) < 4.78 is 18.8. The highest BCUT2D eigenvalue weighted by Crippen LogP contribution is 2.42.